The SMILES string of the molecule is CCC(CC)c1nnc(C(NC)c2ccccc2)s1. The minimum absolute atomic E-state index is 0.141. The first kappa shape index (κ1) is 14.2. The average molecular weight is 275 g/mol. The Kier molecular flexibility index (Phi) is 5.05. The molecule has 0 bridgehead atoms. The smallest absolute Gasteiger partial charge is 0.139 e. The number of hydrogen-bond donors (Lipinski definition) is 1. The van der Waals surface area contributed by atoms with Crippen LogP contribution in [0.5, 0.6) is 0 Å². The normalized spacial score (nSPS) is 12.8. The van der Waals surface area contributed by atoms with E-state index in [0.29, 0.717) is 5.92 Å². The molecule has 1 unspecified atom stereocenters. The molecule has 19 heavy (non-hydrogen) atoms. The van der Waals surface area contributed by atoms with Gasteiger partial charge in [-0.25, -0.2) is 0 Å². The molecule has 102 valence electrons. The largest absolute Gasteiger partial charge is 0.307 e. The highest BCUT2D eigenvalue weighted by molar-refractivity contribution is 7.11. The van der Waals surface area contributed by atoms with E-state index in [9.17, 15) is 0 Å². The van der Waals surface area contributed by atoms with E-state index in [1.807, 2.05) is 13.1 Å². The molecule has 1 aromatic heterocycles. The van der Waals surface area contributed by atoms with Gasteiger partial charge in [-0.1, -0.05) is 55.5 Å². The molecule has 0 aliphatic carbocycles. The number of nitrogens with zero attached hydrogens (tertiary/aromatic N) is 2. The predicted molar refractivity (Wildman–Crippen MR) is 80.6 cm³/mol. The molecule has 1 aromatic carbocycles. The highest BCUT2D eigenvalue weighted by Gasteiger charge is 2.19. The molecule has 0 radical (unpaired) electrons. The Labute approximate surface area is 119 Å². The number of aromatic nitrogens is 2. The Balaban J connectivity index is 2.25. The van der Waals surface area contributed by atoms with Crippen LogP contribution in [0, 0.1) is 0 Å². The summed E-state index contributed by atoms with van der Waals surface area (Å²) in [5.41, 5.74) is 1.23. The van der Waals surface area contributed by atoms with Gasteiger partial charge in [-0.3, -0.25) is 0 Å². The van der Waals surface area contributed by atoms with Crippen molar-refractivity contribution in [2.75, 3.05) is 7.05 Å². The van der Waals surface area contributed by atoms with Crippen LogP contribution in [0.25, 0.3) is 0 Å². The fourth-order valence-corrected chi connectivity index (χ4v) is 3.49. The quantitative estimate of drug-likeness (QED) is 0.872. The molecule has 0 saturated carbocycles. The van der Waals surface area contributed by atoms with Gasteiger partial charge in [0.1, 0.15) is 10.0 Å². The lowest BCUT2D eigenvalue weighted by atomic mass is 10.1. The van der Waals surface area contributed by atoms with Crippen molar-refractivity contribution < 1.29 is 0 Å². The van der Waals surface area contributed by atoms with E-state index in [1.165, 1.54) is 5.56 Å². The average Bonchev–Trinajstić information content (AvgIpc) is 2.92. The molecule has 1 N–H and O–H groups in total. The Hall–Kier alpha value is -1.26. The fourth-order valence-electron chi connectivity index (χ4n) is 2.24. The third-order valence-electron chi connectivity index (χ3n) is 3.46. The predicted octanol–water partition coefficient (Wildman–Crippen LogP) is 3.75. The molecule has 0 amide bonds. The van der Waals surface area contributed by atoms with Crippen molar-refractivity contribution in [3.63, 3.8) is 0 Å². The van der Waals surface area contributed by atoms with Crippen LogP contribution in [0.2, 0.25) is 0 Å². The van der Waals surface area contributed by atoms with Crippen LogP contribution in [-0.2, 0) is 0 Å². The van der Waals surface area contributed by atoms with Crippen molar-refractivity contribution in [1.82, 2.24) is 15.5 Å². The van der Waals surface area contributed by atoms with E-state index in [1.54, 1.807) is 11.3 Å². The topological polar surface area (TPSA) is 37.8 Å². The molecule has 0 aliphatic heterocycles. The fraction of sp³-hybridized carbons (Fsp3) is 0.467. The van der Waals surface area contributed by atoms with Gasteiger partial charge in [0.2, 0.25) is 0 Å². The molecular formula is C15H21N3S. The lowest BCUT2D eigenvalue weighted by Gasteiger charge is -2.13. The first-order valence-corrected chi connectivity index (χ1v) is 7.67. The van der Waals surface area contributed by atoms with Crippen molar-refractivity contribution in [3.8, 4) is 0 Å². The third-order valence-corrected chi connectivity index (χ3v) is 4.61. The van der Waals surface area contributed by atoms with Crippen LogP contribution in [0.15, 0.2) is 30.3 Å². The monoisotopic (exact) mass is 275 g/mol. The van der Waals surface area contributed by atoms with Crippen molar-refractivity contribution >= 4 is 11.3 Å². The number of benzene rings is 1. The minimum atomic E-state index is 0.141. The molecule has 0 saturated heterocycles. The summed E-state index contributed by atoms with van der Waals surface area (Å²) in [6.45, 7) is 4.42. The molecule has 2 aromatic rings. The number of nitrogens with one attached hydrogen (secondary N) is 1. The second kappa shape index (κ2) is 6.78. The Morgan fingerprint density at radius 3 is 2.26 bits per heavy atom. The maximum Gasteiger partial charge on any atom is 0.139 e. The molecular weight excluding hydrogens is 254 g/mol. The maximum atomic E-state index is 4.39. The first-order chi connectivity index (χ1) is 9.30. The Morgan fingerprint density at radius 1 is 1.05 bits per heavy atom. The summed E-state index contributed by atoms with van der Waals surface area (Å²) in [5.74, 6) is 0.541. The van der Waals surface area contributed by atoms with E-state index in [4.69, 9.17) is 0 Å². The van der Waals surface area contributed by atoms with Gasteiger partial charge in [0.05, 0.1) is 6.04 Å². The van der Waals surface area contributed by atoms with Gasteiger partial charge in [0.25, 0.3) is 0 Å². The summed E-state index contributed by atoms with van der Waals surface area (Å²) < 4.78 is 0. The molecule has 3 nitrogen and oxygen atoms in total. The number of hydrogen-bond acceptors (Lipinski definition) is 4. The summed E-state index contributed by atoms with van der Waals surface area (Å²) in [5, 5.41) is 14.3. The molecule has 4 heteroatoms. The summed E-state index contributed by atoms with van der Waals surface area (Å²) >= 11 is 1.73. The van der Waals surface area contributed by atoms with E-state index in [0.717, 1.165) is 22.9 Å². The minimum Gasteiger partial charge on any atom is -0.307 e. The van der Waals surface area contributed by atoms with Gasteiger partial charge in [-0.15, -0.1) is 10.2 Å². The Morgan fingerprint density at radius 2 is 1.68 bits per heavy atom. The highest BCUT2D eigenvalue weighted by atomic mass is 32.1. The van der Waals surface area contributed by atoms with Crippen LogP contribution < -0.4 is 5.32 Å². The van der Waals surface area contributed by atoms with Crippen molar-refractivity contribution in [3.05, 3.63) is 45.9 Å². The van der Waals surface area contributed by atoms with Crippen molar-refractivity contribution in [1.29, 1.82) is 0 Å². The summed E-state index contributed by atoms with van der Waals surface area (Å²) in [7, 11) is 1.97. The summed E-state index contributed by atoms with van der Waals surface area (Å²) in [6.07, 6.45) is 2.25. The van der Waals surface area contributed by atoms with Crippen molar-refractivity contribution in [2.24, 2.45) is 0 Å². The maximum absolute atomic E-state index is 4.39. The number of rotatable bonds is 6. The van der Waals surface area contributed by atoms with Crippen molar-refractivity contribution in [2.45, 2.75) is 38.6 Å². The van der Waals surface area contributed by atoms with Crippen LogP contribution in [0.4, 0.5) is 0 Å². The second-order valence-corrected chi connectivity index (χ2v) is 5.67. The highest BCUT2D eigenvalue weighted by Crippen LogP contribution is 2.30. The molecule has 0 aliphatic rings. The molecule has 1 heterocycles. The summed E-state index contributed by atoms with van der Waals surface area (Å²) in [6, 6.07) is 10.5. The van der Waals surface area contributed by atoms with Gasteiger partial charge in [0, 0.05) is 5.92 Å². The van der Waals surface area contributed by atoms with Crippen LogP contribution in [0.3, 0.4) is 0 Å². The van der Waals surface area contributed by atoms with E-state index < -0.39 is 0 Å². The van der Waals surface area contributed by atoms with E-state index in [-0.39, 0.29) is 6.04 Å². The van der Waals surface area contributed by atoms with Crippen LogP contribution in [0.1, 0.15) is 54.2 Å². The van der Waals surface area contributed by atoms with E-state index >= 15 is 0 Å². The zero-order valence-corrected chi connectivity index (χ0v) is 12.6. The lowest BCUT2D eigenvalue weighted by Crippen LogP contribution is -2.17. The van der Waals surface area contributed by atoms with Crippen LogP contribution in [-0.4, -0.2) is 17.2 Å². The van der Waals surface area contributed by atoms with Crippen LogP contribution >= 0.6 is 11.3 Å². The zero-order valence-electron chi connectivity index (χ0n) is 11.8. The molecule has 0 spiro atoms. The molecule has 0 fully saturated rings. The standard InChI is InChI=1S/C15H21N3S/c1-4-11(5-2)14-17-18-15(19-14)13(16-3)12-9-7-6-8-10-12/h6-11,13,16H,4-5H2,1-3H3. The summed E-state index contributed by atoms with van der Waals surface area (Å²) in [4.78, 5) is 0. The van der Waals surface area contributed by atoms with Gasteiger partial charge in [-0.05, 0) is 25.5 Å². The molecule has 1 atom stereocenters. The zero-order chi connectivity index (χ0) is 13.7. The Bertz CT molecular complexity index is 491. The van der Waals surface area contributed by atoms with Gasteiger partial charge < -0.3 is 5.32 Å². The lowest BCUT2D eigenvalue weighted by molar-refractivity contribution is 0.626. The van der Waals surface area contributed by atoms with Gasteiger partial charge in [-0.2, -0.15) is 0 Å². The van der Waals surface area contributed by atoms with E-state index in [2.05, 4.69) is 53.6 Å². The third kappa shape index (κ3) is 3.19. The molecule has 2 rings (SSSR count). The van der Waals surface area contributed by atoms with Gasteiger partial charge in [0.15, 0.2) is 0 Å². The second-order valence-electron chi connectivity index (χ2n) is 4.62. The van der Waals surface area contributed by atoms with Gasteiger partial charge >= 0.3 is 0 Å². The first-order valence-electron chi connectivity index (χ1n) is 6.85.